The van der Waals surface area contributed by atoms with Crippen molar-refractivity contribution in [3.63, 3.8) is 0 Å². The number of nitrogens with zero attached hydrogens (tertiary/aromatic N) is 4. The van der Waals surface area contributed by atoms with Gasteiger partial charge in [0.05, 0.1) is 12.1 Å². The zero-order valence-corrected chi connectivity index (χ0v) is 18.2. The molecule has 31 heavy (non-hydrogen) atoms. The van der Waals surface area contributed by atoms with Crippen LogP contribution in [0.4, 0.5) is 0 Å². The molecule has 8 heteroatoms. The average Bonchev–Trinajstić information content (AvgIpc) is 3.28. The Morgan fingerprint density at radius 3 is 2.65 bits per heavy atom. The van der Waals surface area contributed by atoms with E-state index in [0.29, 0.717) is 29.6 Å². The van der Waals surface area contributed by atoms with Gasteiger partial charge in [-0.2, -0.15) is 5.10 Å². The second-order valence-corrected chi connectivity index (χ2v) is 7.77. The van der Waals surface area contributed by atoms with Gasteiger partial charge < -0.3 is 14.4 Å². The van der Waals surface area contributed by atoms with Crippen LogP contribution < -0.4 is 9.47 Å². The van der Waals surface area contributed by atoms with E-state index < -0.39 is 0 Å². The second-order valence-electron chi connectivity index (χ2n) is 7.36. The fourth-order valence-electron chi connectivity index (χ4n) is 3.55. The molecule has 0 unspecified atom stereocenters. The van der Waals surface area contributed by atoms with Gasteiger partial charge in [0.15, 0.2) is 12.4 Å². The lowest BCUT2D eigenvalue weighted by atomic mass is 10.2. The Labute approximate surface area is 186 Å². The van der Waals surface area contributed by atoms with Gasteiger partial charge in [0.2, 0.25) is 0 Å². The summed E-state index contributed by atoms with van der Waals surface area (Å²) in [5, 5.41) is 4.91. The first kappa shape index (κ1) is 21.2. The Morgan fingerprint density at radius 1 is 1.06 bits per heavy atom. The number of carbonyl (C=O) groups excluding carboxylic acids is 1. The third-order valence-electron chi connectivity index (χ3n) is 5.25. The third-order valence-corrected chi connectivity index (χ3v) is 5.56. The van der Waals surface area contributed by atoms with Crippen molar-refractivity contribution >= 4 is 17.5 Å². The molecule has 1 fully saturated rings. The molecule has 2 aromatic carbocycles. The fraction of sp³-hybridized carbons (Fsp3) is 0.304. The number of para-hydroxylation sites is 1. The van der Waals surface area contributed by atoms with Crippen LogP contribution in [0.5, 0.6) is 11.5 Å². The predicted octanol–water partition coefficient (Wildman–Crippen LogP) is 3.54. The predicted molar refractivity (Wildman–Crippen MR) is 118 cm³/mol. The maximum atomic E-state index is 12.8. The van der Waals surface area contributed by atoms with E-state index >= 15 is 0 Å². The molecule has 1 amide bonds. The zero-order chi connectivity index (χ0) is 21.6. The Bertz CT molecular complexity index is 1030. The maximum absolute atomic E-state index is 12.8. The van der Waals surface area contributed by atoms with Gasteiger partial charge in [-0.15, -0.1) is 0 Å². The van der Waals surface area contributed by atoms with Crippen molar-refractivity contribution in [2.24, 2.45) is 0 Å². The summed E-state index contributed by atoms with van der Waals surface area (Å²) in [6.45, 7) is 4.01. The second kappa shape index (κ2) is 9.85. The molecule has 3 aromatic rings. The van der Waals surface area contributed by atoms with Gasteiger partial charge >= 0.3 is 0 Å². The molecule has 0 aliphatic carbocycles. The van der Waals surface area contributed by atoms with Crippen molar-refractivity contribution in [1.29, 1.82) is 0 Å². The highest BCUT2D eigenvalue weighted by Gasteiger charge is 2.23. The van der Waals surface area contributed by atoms with E-state index in [0.717, 1.165) is 25.4 Å². The molecule has 2 heterocycles. The summed E-state index contributed by atoms with van der Waals surface area (Å²) >= 11 is 6.10. The number of benzene rings is 2. The smallest absolute Gasteiger partial charge is 0.274 e. The molecule has 0 N–H and O–H groups in total. The van der Waals surface area contributed by atoms with E-state index in [2.05, 4.69) is 22.1 Å². The number of rotatable bonds is 7. The zero-order valence-electron chi connectivity index (χ0n) is 17.4. The molecule has 1 aliphatic rings. The molecule has 1 saturated heterocycles. The highest BCUT2D eigenvalue weighted by atomic mass is 35.5. The van der Waals surface area contributed by atoms with Gasteiger partial charge in [0, 0.05) is 38.9 Å². The number of carbonyl (C=O) groups is 1. The summed E-state index contributed by atoms with van der Waals surface area (Å²) in [6.07, 6.45) is 1.74. The number of halogens is 1. The Balaban J connectivity index is 1.28. The monoisotopic (exact) mass is 440 g/mol. The summed E-state index contributed by atoms with van der Waals surface area (Å²) in [4.78, 5) is 17.0. The van der Waals surface area contributed by atoms with Crippen molar-refractivity contribution in [3.8, 4) is 11.5 Å². The molecule has 4 rings (SSSR count). The molecule has 0 radical (unpaired) electrons. The van der Waals surface area contributed by atoms with Gasteiger partial charge in [-0.05, 0) is 35.9 Å². The largest absolute Gasteiger partial charge is 0.497 e. The molecule has 0 saturated carbocycles. The topological polar surface area (TPSA) is 59.8 Å². The molecule has 7 nitrogen and oxygen atoms in total. The SMILES string of the molecule is COc1cccc(CN2CCN(C(=O)c3ccn(COc4ccccc4Cl)n3)CC2)c1. The summed E-state index contributed by atoms with van der Waals surface area (Å²) < 4.78 is 12.6. The standard InChI is InChI=1S/C23H25ClN4O3/c1-30-19-6-4-5-18(15-19)16-26-11-13-27(14-12-26)23(29)21-9-10-28(25-21)17-31-22-8-3-2-7-20(22)24/h2-10,15H,11-14,16-17H2,1H3. The molecule has 0 spiro atoms. The summed E-state index contributed by atoms with van der Waals surface area (Å²) in [7, 11) is 1.67. The number of ether oxygens (including phenoxy) is 2. The lowest BCUT2D eigenvalue weighted by Gasteiger charge is -2.34. The molecule has 0 atom stereocenters. The minimum absolute atomic E-state index is 0.0578. The number of methoxy groups -OCH3 is 1. The molecule has 1 aliphatic heterocycles. The first-order valence-electron chi connectivity index (χ1n) is 10.2. The van der Waals surface area contributed by atoms with Crippen LogP contribution in [0.3, 0.4) is 0 Å². The maximum Gasteiger partial charge on any atom is 0.274 e. The van der Waals surface area contributed by atoms with Gasteiger partial charge in [0.25, 0.3) is 5.91 Å². The van der Waals surface area contributed by atoms with Crippen LogP contribution in [-0.2, 0) is 13.3 Å². The molecule has 0 bridgehead atoms. The van der Waals surface area contributed by atoms with Crippen LogP contribution in [-0.4, -0.2) is 58.8 Å². The fourth-order valence-corrected chi connectivity index (χ4v) is 3.74. The summed E-state index contributed by atoms with van der Waals surface area (Å²) in [5.41, 5.74) is 1.63. The number of amides is 1. The number of hydrogen-bond acceptors (Lipinski definition) is 5. The van der Waals surface area contributed by atoms with Gasteiger partial charge in [-0.3, -0.25) is 9.69 Å². The van der Waals surface area contributed by atoms with Crippen molar-refractivity contribution in [3.05, 3.63) is 77.1 Å². The van der Waals surface area contributed by atoms with Crippen LogP contribution in [0.15, 0.2) is 60.8 Å². The first-order valence-corrected chi connectivity index (χ1v) is 10.6. The number of aromatic nitrogens is 2. The van der Waals surface area contributed by atoms with Gasteiger partial charge in [-0.25, -0.2) is 4.68 Å². The molecule has 1 aromatic heterocycles. The minimum Gasteiger partial charge on any atom is -0.497 e. The Morgan fingerprint density at radius 2 is 1.87 bits per heavy atom. The van der Waals surface area contributed by atoms with Gasteiger partial charge in [0.1, 0.15) is 11.5 Å². The van der Waals surface area contributed by atoms with E-state index in [1.165, 1.54) is 5.56 Å². The number of piperazine rings is 1. The van der Waals surface area contributed by atoms with E-state index in [1.54, 1.807) is 36.2 Å². The van der Waals surface area contributed by atoms with Gasteiger partial charge in [-0.1, -0.05) is 35.9 Å². The minimum atomic E-state index is -0.0578. The van der Waals surface area contributed by atoms with Crippen molar-refractivity contribution in [1.82, 2.24) is 19.6 Å². The lowest BCUT2D eigenvalue weighted by molar-refractivity contribution is 0.0621. The van der Waals surface area contributed by atoms with Crippen molar-refractivity contribution in [2.45, 2.75) is 13.3 Å². The van der Waals surface area contributed by atoms with Crippen LogP contribution in [0.1, 0.15) is 16.1 Å². The lowest BCUT2D eigenvalue weighted by Crippen LogP contribution is -2.48. The highest BCUT2D eigenvalue weighted by Crippen LogP contribution is 2.23. The summed E-state index contributed by atoms with van der Waals surface area (Å²) in [5.74, 6) is 1.39. The normalized spacial score (nSPS) is 14.5. The Kier molecular flexibility index (Phi) is 6.74. The van der Waals surface area contributed by atoms with E-state index in [9.17, 15) is 4.79 Å². The molecular formula is C23H25ClN4O3. The van der Waals surface area contributed by atoms with Crippen molar-refractivity contribution < 1.29 is 14.3 Å². The van der Waals surface area contributed by atoms with Crippen LogP contribution >= 0.6 is 11.6 Å². The van der Waals surface area contributed by atoms with E-state index in [-0.39, 0.29) is 12.6 Å². The van der Waals surface area contributed by atoms with E-state index in [4.69, 9.17) is 21.1 Å². The van der Waals surface area contributed by atoms with Crippen molar-refractivity contribution in [2.75, 3.05) is 33.3 Å². The van der Waals surface area contributed by atoms with Crippen LogP contribution in [0.2, 0.25) is 5.02 Å². The van der Waals surface area contributed by atoms with Crippen LogP contribution in [0.25, 0.3) is 0 Å². The first-order chi connectivity index (χ1) is 15.1. The van der Waals surface area contributed by atoms with E-state index in [1.807, 2.05) is 29.2 Å². The average molecular weight is 441 g/mol. The quantitative estimate of drug-likeness (QED) is 0.562. The third kappa shape index (κ3) is 5.37. The Hall–Kier alpha value is -3.03. The summed E-state index contributed by atoms with van der Waals surface area (Å²) in [6, 6.07) is 17.1. The highest BCUT2D eigenvalue weighted by molar-refractivity contribution is 6.32. The van der Waals surface area contributed by atoms with Crippen LogP contribution in [0, 0.1) is 0 Å². The molecule has 162 valence electrons. The number of hydrogen-bond donors (Lipinski definition) is 0. The molecular weight excluding hydrogens is 416 g/mol.